The number of nitrogens with one attached hydrogen (secondary N) is 4. The maximum Gasteiger partial charge on any atom is 0.433 e. The number of carbonyl (C=O) groups excluding carboxylic acids is 1. The summed E-state index contributed by atoms with van der Waals surface area (Å²) in [6.07, 6.45) is 3.33. The zero-order valence-electron chi connectivity index (χ0n) is 56.4. The largest absolute Gasteiger partial charge is 0.465 e. The fourth-order valence-corrected chi connectivity index (χ4v) is 13.4. The molecule has 0 radical (unpaired) electrons. The van der Waals surface area contributed by atoms with Gasteiger partial charge in [-0.2, -0.15) is 15.0 Å². The maximum absolute atomic E-state index is 13.4. The lowest BCUT2D eigenvalue weighted by molar-refractivity contribution is -0.402. The third-order valence-corrected chi connectivity index (χ3v) is 19.4. The van der Waals surface area contributed by atoms with Gasteiger partial charge in [0.25, 0.3) is 24.2 Å². The number of aromatic nitrogens is 12. The smallest absolute Gasteiger partial charge is 0.433 e. The van der Waals surface area contributed by atoms with Crippen LogP contribution in [-0.4, -0.2) is 121 Å². The maximum atomic E-state index is 13.4. The number of hydrogen-bond acceptors (Lipinski definition) is 29. The van der Waals surface area contributed by atoms with E-state index in [0.717, 1.165) is 28.5 Å². The molecule has 8 aromatic heterocycles. The Balaban J connectivity index is 0.000000199. The van der Waals surface area contributed by atoms with Gasteiger partial charge in [0.05, 0.1) is 77.9 Å². The molecule has 8 heterocycles. The number of H-pyrrole nitrogens is 3. The van der Waals surface area contributed by atoms with Crippen LogP contribution in [0.4, 0.5) is 29.4 Å². The van der Waals surface area contributed by atoms with Gasteiger partial charge in [0, 0.05) is 19.6 Å². The molecule has 3 aromatic carbocycles. The van der Waals surface area contributed by atoms with Crippen LogP contribution in [0.2, 0.25) is 0 Å². The van der Waals surface area contributed by atoms with E-state index in [1.54, 1.807) is 63.9 Å². The molecule has 0 bridgehead atoms. The van der Waals surface area contributed by atoms with Crippen LogP contribution in [-0.2, 0) is 113 Å². The summed E-state index contributed by atoms with van der Waals surface area (Å²) < 4.78 is 105. The summed E-state index contributed by atoms with van der Waals surface area (Å²) in [5.41, 5.74) is 20.7. The minimum absolute atomic E-state index is 0. The summed E-state index contributed by atoms with van der Waals surface area (Å²) in [7, 11) is -11.1. The van der Waals surface area contributed by atoms with E-state index in [4.69, 9.17) is 74.2 Å². The van der Waals surface area contributed by atoms with Gasteiger partial charge in [-0.3, -0.25) is 67.0 Å². The van der Waals surface area contributed by atoms with Crippen LogP contribution in [0.25, 0.3) is 38.3 Å². The topological polar surface area (TPSA) is 506 Å². The van der Waals surface area contributed by atoms with Gasteiger partial charge in [0.1, 0.15) is 60.5 Å². The number of nitrogens with two attached hydrogens (primary N) is 3. The minimum atomic E-state index is -3.88. The first-order valence-corrected chi connectivity index (χ1v) is 36.8. The van der Waals surface area contributed by atoms with Crippen molar-refractivity contribution >= 4 is 91.6 Å². The van der Waals surface area contributed by atoms with E-state index in [9.17, 15) is 43.0 Å². The molecule has 0 saturated carbocycles. The van der Waals surface area contributed by atoms with Gasteiger partial charge in [-0.05, 0) is 62.6 Å². The van der Waals surface area contributed by atoms with Gasteiger partial charge in [0.15, 0.2) is 39.2 Å². The van der Waals surface area contributed by atoms with Crippen molar-refractivity contribution in [2.45, 2.75) is 93.8 Å². The zero-order valence-corrected chi connectivity index (χ0v) is 59.1. The molecule has 105 heavy (non-hydrogen) atoms. The molecular formula is C64H77N18O20P3. The minimum Gasteiger partial charge on any atom is -0.465 e. The molecule has 11 rings (SSSR count). The number of aromatic amines is 3. The number of nitrogens with zero attached hydrogens (tertiary/aromatic N) is 11. The Bertz CT molecular complexity index is 5090. The Morgan fingerprint density at radius 1 is 0.600 bits per heavy atom. The fraction of sp³-hybridized carbons (Fsp3) is 0.328. The molecule has 38 nitrogen and oxygen atoms in total. The average Bonchev–Trinajstić information content (AvgIpc) is 1.68. The molecule has 10 N–H and O–H groups in total. The quantitative estimate of drug-likeness (QED) is 0.00486. The molecular weight excluding hydrogens is 1430 g/mol. The van der Waals surface area contributed by atoms with Gasteiger partial charge in [-0.1, -0.05) is 91.9 Å². The highest BCUT2D eigenvalue weighted by Crippen LogP contribution is 2.51. The number of esters is 1. The highest BCUT2D eigenvalue weighted by molar-refractivity contribution is 7.56. The van der Waals surface area contributed by atoms with Crippen molar-refractivity contribution in [3.05, 3.63) is 214 Å². The number of imidazole rings is 3. The van der Waals surface area contributed by atoms with E-state index < -0.39 is 68.6 Å². The lowest BCUT2D eigenvalue weighted by atomic mass is 10.2. The summed E-state index contributed by atoms with van der Waals surface area (Å²) in [6.45, 7) is 15.1. The summed E-state index contributed by atoms with van der Waals surface area (Å²) >= 11 is 0. The summed E-state index contributed by atoms with van der Waals surface area (Å²) in [4.78, 5) is 92.6. The van der Waals surface area contributed by atoms with Crippen LogP contribution in [0.15, 0.2) is 145 Å². The zero-order chi connectivity index (χ0) is 74.4. The van der Waals surface area contributed by atoms with E-state index in [-0.39, 0.29) is 138 Å². The molecule has 4 unspecified atom stereocenters. The number of benzene rings is 3. The van der Waals surface area contributed by atoms with Crippen LogP contribution < -0.4 is 39.0 Å². The lowest BCUT2D eigenvalue weighted by Gasteiger charge is -2.23. The van der Waals surface area contributed by atoms with E-state index in [2.05, 4.69) is 54.8 Å². The first kappa shape index (κ1) is 80.1. The van der Waals surface area contributed by atoms with Crippen LogP contribution in [0.1, 0.15) is 60.8 Å². The number of anilines is 3. The number of fused-ring (bicyclic) bond motifs is 3. The van der Waals surface area contributed by atoms with Gasteiger partial charge < -0.3 is 72.3 Å². The summed E-state index contributed by atoms with van der Waals surface area (Å²) in [6, 6.07) is 28.6. The first-order chi connectivity index (χ1) is 49.9. The predicted octanol–water partition coefficient (Wildman–Crippen LogP) is 9.13. The van der Waals surface area contributed by atoms with Crippen molar-refractivity contribution in [1.29, 1.82) is 0 Å². The second-order valence-electron chi connectivity index (χ2n) is 22.4. The van der Waals surface area contributed by atoms with Crippen LogP contribution in [0, 0.1) is 30.5 Å². The standard InChI is InChI=1S/C22H26N5O6P.C21H20N7O8P.C20H27N6O6P.CH4/c1-15-3-6-17(7-4-15)11-31-34(29,32-12-18-8-5-16(2)33-18)14-30-10-9-27-13-24-19-20(27)25-22(23)26-21(19)28;1-23-15-4-2-14(3-5-15)10-34-37(32,35-11-16-6-7-17(36-16)28(30)31)13-33-9-8-27-12-24-18-19(27)25-21(22)26-20(18)29;1-3-31-19(28)14(2)25-33(29,32-11-15-7-5-4-6-8-15)13-30-10-9-26-12-22-16-17(26)23-20(21)24-18(16)27;/h3-8,13H,9-12,14H2,1-2H3,(H3,23,25,26,28);2-7,12H,8-11,13H2,(H3,22,25,26,29);4-8,12,14H,3,9-11,13H2,1-2H3,(H,25,29)(H3,21,23,24,27);1H4. The first-order valence-electron chi connectivity index (χ1n) is 31.5. The average molecular weight is 1510 g/mol. The van der Waals surface area contributed by atoms with Crippen molar-refractivity contribution in [3.63, 3.8) is 0 Å². The van der Waals surface area contributed by atoms with E-state index in [0.29, 0.717) is 34.9 Å². The Labute approximate surface area is 597 Å². The van der Waals surface area contributed by atoms with Crippen molar-refractivity contribution in [2.24, 2.45) is 0 Å². The van der Waals surface area contributed by atoms with Gasteiger partial charge in [0.2, 0.25) is 17.8 Å². The molecule has 41 heteroatoms. The van der Waals surface area contributed by atoms with Gasteiger partial charge >= 0.3 is 27.0 Å². The number of rotatable bonds is 35. The number of nitrogen functional groups attached to an aromatic ring is 3. The Morgan fingerprint density at radius 3 is 1.45 bits per heavy atom. The second kappa shape index (κ2) is 37.7. The SMILES string of the molecule is C.CCOC(=O)C(C)NP(=O)(COCCn1cnc2c(=O)[nH]c(N)nc21)OCc1ccccc1.Cc1ccc(COP(=O)(COCCn2cnc3c(=O)[nH]c(N)nc32)OCc2ccc(C)o2)cc1.[C-]#[N+]c1ccc(COP(=O)(COCCn2cnc3c(=O)[nH]c(N)nc32)OCc2ccc([N+](=O)[O-])o2)cc1. The highest BCUT2D eigenvalue weighted by Gasteiger charge is 2.31. The Kier molecular flexibility index (Phi) is 28.7. The molecule has 11 aromatic rings. The van der Waals surface area contributed by atoms with Crippen molar-refractivity contribution in [1.82, 2.24) is 63.6 Å². The van der Waals surface area contributed by atoms with Crippen LogP contribution in [0.3, 0.4) is 0 Å². The van der Waals surface area contributed by atoms with E-state index in [1.165, 1.54) is 25.0 Å². The monoisotopic (exact) mass is 1510 g/mol. The predicted molar refractivity (Wildman–Crippen MR) is 382 cm³/mol. The molecule has 0 aliphatic heterocycles. The fourth-order valence-electron chi connectivity index (χ4n) is 9.26. The number of furan rings is 2. The van der Waals surface area contributed by atoms with E-state index >= 15 is 0 Å². The van der Waals surface area contributed by atoms with Crippen LogP contribution in [0.5, 0.6) is 0 Å². The summed E-state index contributed by atoms with van der Waals surface area (Å²) in [5.74, 6) is 0.235. The normalized spacial score (nSPS) is 13.3. The highest BCUT2D eigenvalue weighted by atomic mass is 31.2. The van der Waals surface area contributed by atoms with Gasteiger partial charge in [-0.25, -0.2) is 24.9 Å². The molecule has 0 aliphatic carbocycles. The number of carbonyl (C=O) groups is 1. The van der Waals surface area contributed by atoms with Gasteiger partial charge in [-0.15, -0.1) is 0 Å². The molecule has 0 spiro atoms. The third-order valence-electron chi connectivity index (χ3n) is 14.5. The second-order valence-corrected chi connectivity index (χ2v) is 28.5. The Hall–Kier alpha value is -10.6. The number of ether oxygens (including phenoxy) is 4. The molecule has 0 fully saturated rings. The lowest BCUT2D eigenvalue weighted by Crippen LogP contribution is -2.34. The third kappa shape index (κ3) is 23.4. The van der Waals surface area contributed by atoms with Crippen LogP contribution >= 0.6 is 22.7 Å². The van der Waals surface area contributed by atoms with E-state index in [1.807, 2.05) is 68.4 Å². The molecule has 0 amide bonds. The molecule has 0 saturated heterocycles. The number of aryl methyl sites for hydroxylation is 2. The number of hydrogen-bond donors (Lipinski definition) is 7. The van der Waals surface area contributed by atoms with Crippen molar-refractivity contribution in [2.75, 3.05) is 62.7 Å². The molecule has 0 aliphatic rings. The van der Waals surface area contributed by atoms with Crippen molar-refractivity contribution < 1.29 is 73.8 Å². The molecule has 558 valence electrons. The Morgan fingerprint density at radius 2 is 1.02 bits per heavy atom. The number of nitro groups is 1. The van der Waals surface area contributed by atoms with Crippen molar-refractivity contribution in [3.8, 4) is 0 Å². The summed E-state index contributed by atoms with van der Waals surface area (Å²) in [5, 5.41) is 13.6. The molecule has 4 atom stereocenters.